The van der Waals surface area contributed by atoms with E-state index in [0.717, 1.165) is 16.7 Å². The van der Waals surface area contributed by atoms with Crippen LogP contribution in [-0.4, -0.2) is 11.0 Å². The van der Waals surface area contributed by atoms with Crippen molar-refractivity contribution >= 4 is 46.4 Å². The Labute approximate surface area is 151 Å². The van der Waals surface area contributed by atoms with Crippen molar-refractivity contribution in [2.45, 2.75) is 19.9 Å². The van der Waals surface area contributed by atoms with Crippen molar-refractivity contribution in [1.29, 1.82) is 0 Å². The van der Waals surface area contributed by atoms with Gasteiger partial charge in [-0.25, -0.2) is 0 Å². The summed E-state index contributed by atoms with van der Waals surface area (Å²) in [5, 5.41) is 7.04. The van der Waals surface area contributed by atoms with E-state index in [9.17, 15) is 4.79 Å². The number of carbonyl (C=O) groups is 1. The first-order chi connectivity index (χ1) is 11.0. The van der Waals surface area contributed by atoms with Crippen LogP contribution in [0, 0.1) is 6.92 Å². The van der Waals surface area contributed by atoms with Crippen molar-refractivity contribution in [3.63, 3.8) is 0 Å². The lowest BCUT2D eigenvalue weighted by Crippen LogP contribution is -2.39. The van der Waals surface area contributed by atoms with Crippen molar-refractivity contribution in [1.82, 2.24) is 10.6 Å². The smallest absolute Gasteiger partial charge is 0.230 e. The summed E-state index contributed by atoms with van der Waals surface area (Å²) in [6, 6.07) is 13.0. The van der Waals surface area contributed by atoms with E-state index in [4.69, 9.17) is 35.4 Å². The van der Waals surface area contributed by atoms with E-state index in [1.807, 2.05) is 37.3 Å². The lowest BCUT2D eigenvalue weighted by atomic mass is 10.1. The number of aryl methyl sites for hydroxylation is 1. The second-order valence-electron chi connectivity index (χ2n) is 5.07. The van der Waals surface area contributed by atoms with Gasteiger partial charge in [0.1, 0.15) is 0 Å². The summed E-state index contributed by atoms with van der Waals surface area (Å²) in [7, 11) is 0. The minimum atomic E-state index is -0.154. The van der Waals surface area contributed by atoms with Crippen LogP contribution >= 0.6 is 35.4 Å². The molecule has 120 valence electrons. The molecule has 0 saturated heterocycles. The molecule has 0 heterocycles. The fourth-order valence-electron chi connectivity index (χ4n) is 2.04. The molecule has 2 aromatic carbocycles. The van der Waals surface area contributed by atoms with E-state index in [-0.39, 0.29) is 17.4 Å². The number of rotatable bonds is 4. The summed E-state index contributed by atoms with van der Waals surface area (Å²) in [6.07, 6.45) is 0.288. The first kappa shape index (κ1) is 17.7. The number of hydrogen-bond donors (Lipinski definition) is 2. The molecule has 0 aliphatic heterocycles. The zero-order valence-corrected chi connectivity index (χ0v) is 14.9. The van der Waals surface area contributed by atoms with Crippen molar-refractivity contribution in [2.75, 3.05) is 0 Å². The van der Waals surface area contributed by atoms with Gasteiger partial charge in [0, 0.05) is 16.6 Å². The Kier molecular flexibility index (Phi) is 6.39. The summed E-state index contributed by atoms with van der Waals surface area (Å²) in [4.78, 5) is 12.0. The summed E-state index contributed by atoms with van der Waals surface area (Å²) >= 11 is 17.1. The third-order valence-electron chi connectivity index (χ3n) is 3.32. The molecule has 6 heteroatoms. The first-order valence-electron chi connectivity index (χ1n) is 7.02. The Morgan fingerprint density at radius 3 is 2.57 bits per heavy atom. The molecule has 0 aliphatic rings. The van der Waals surface area contributed by atoms with Crippen LogP contribution in [-0.2, 0) is 17.8 Å². The highest BCUT2D eigenvalue weighted by atomic mass is 35.5. The molecule has 0 aliphatic carbocycles. The maximum absolute atomic E-state index is 12.0. The van der Waals surface area contributed by atoms with Crippen LogP contribution in [0.5, 0.6) is 0 Å². The lowest BCUT2D eigenvalue weighted by Gasteiger charge is -2.11. The van der Waals surface area contributed by atoms with E-state index < -0.39 is 0 Å². The standard InChI is InChI=1S/C17H16Cl2N2OS/c1-11-4-2-3-5-12(11)8-16(22)21-17(23)20-10-13-6-7-14(18)9-15(13)19/h2-7,9H,8,10H2,1H3,(H2,20,21,22,23). The topological polar surface area (TPSA) is 41.1 Å². The monoisotopic (exact) mass is 366 g/mol. The third kappa shape index (κ3) is 5.50. The summed E-state index contributed by atoms with van der Waals surface area (Å²) in [6.45, 7) is 2.39. The van der Waals surface area contributed by atoms with Crippen LogP contribution in [0.15, 0.2) is 42.5 Å². The van der Waals surface area contributed by atoms with Gasteiger partial charge in [0.05, 0.1) is 6.42 Å². The van der Waals surface area contributed by atoms with Gasteiger partial charge in [-0.1, -0.05) is 53.5 Å². The van der Waals surface area contributed by atoms with E-state index >= 15 is 0 Å². The van der Waals surface area contributed by atoms with E-state index in [2.05, 4.69) is 10.6 Å². The molecular weight excluding hydrogens is 351 g/mol. The second-order valence-corrected chi connectivity index (χ2v) is 6.32. The summed E-state index contributed by atoms with van der Waals surface area (Å²) < 4.78 is 0. The van der Waals surface area contributed by atoms with Crippen molar-refractivity contribution in [3.8, 4) is 0 Å². The first-order valence-corrected chi connectivity index (χ1v) is 8.18. The number of thiocarbonyl (C=S) groups is 1. The number of amides is 1. The molecule has 0 saturated carbocycles. The highest BCUT2D eigenvalue weighted by molar-refractivity contribution is 7.80. The van der Waals surface area contributed by atoms with E-state index in [1.165, 1.54) is 0 Å². The Balaban J connectivity index is 1.85. The molecule has 2 rings (SSSR count). The van der Waals surface area contributed by atoms with Gasteiger partial charge in [0.15, 0.2) is 5.11 Å². The second kappa shape index (κ2) is 8.29. The zero-order chi connectivity index (χ0) is 16.8. The normalized spacial score (nSPS) is 10.2. The number of halogens is 2. The number of benzene rings is 2. The van der Waals surface area contributed by atoms with Gasteiger partial charge in [-0.2, -0.15) is 0 Å². The molecule has 0 bridgehead atoms. The maximum atomic E-state index is 12.0. The van der Waals surface area contributed by atoms with Crippen LogP contribution in [0.1, 0.15) is 16.7 Å². The SMILES string of the molecule is Cc1ccccc1CC(=O)NC(=S)NCc1ccc(Cl)cc1Cl. The van der Waals surface area contributed by atoms with Crippen molar-refractivity contribution in [2.24, 2.45) is 0 Å². The van der Waals surface area contributed by atoms with Crippen molar-refractivity contribution < 1.29 is 4.79 Å². The van der Waals surface area contributed by atoms with Crippen LogP contribution in [0.25, 0.3) is 0 Å². The highest BCUT2D eigenvalue weighted by Crippen LogP contribution is 2.20. The van der Waals surface area contributed by atoms with Crippen LogP contribution in [0.4, 0.5) is 0 Å². The van der Waals surface area contributed by atoms with Gasteiger partial charge in [0.2, 0.25) is 5.91 Å². The fraction of sp³-hybridized carbons (Fsp3) is 0.176. The molecule has 23 heavy (non-hydrogen) atoms. The molecule has 0 radical (unpaired) electrons. The van der Waals surface area contributed by atoms with Crippen LogP contribution in [0.3, 0.4) is 0 Å². The molecule has 2 aromatic rings. The van der Waals surface area contributed by atoms with E-state index in [1.54, 1.807) is 12.1 Å². The minimum Gasteiger partial charge on any atom is -0.358 e. The molecule has 0 aromatic heterocycles. The molecular formula is C17H16Cl2N2OS. The van der Waals surface area contributed by atoms with Gasteiger partial charge in [-0.05, 0) is 48.0 Å². The minimum absolute atomic E-state index is 0.154. The average molecular weight is 367 g/mol. The number of hydrogen-bond acceptors (Lipinski definition) is 2. The quantitative estimate of drug-likeness (QED) is 0.802. The average Bonchev–Trinajstić information content (AvgIpc) is 2.48. The predicted octanol–water partition coefficient (Wildman–Crippen LogP) is 4.04. The van der Waals surface area contributed by atoms with Gasteiger partial charge < -0.3 is 10.6 Å². The predicted molar refractivity (Wildman–Crippen MR) is 98.9 cm³/mol. The van der Waals surface area contributed by atoms with Gasteiger partial charge >= 0.3 is 0 Å². The third-order valence-corrected chi connectivity index (χ3v) is 4.15. The molecule has 0 spiro atoms. The lowest BCUT2D eigenvalue weighted by molar-refractivity contribution is -0.119. The number of nitrogens with one attached hydrogen (secondary N) is 2. The fourth-order valence-corrected chi connectivity index (χ4v) is 2.70. The Hall–Kier alpha value is -1.62. The van der Waals surface area contributed by atoms with Gasteiger partial charge in [-0.3, -0.25) is 4.79 Å². The maximum Gasteiger partial charge on any atom is 0.230 e. The molecule has 2 N–H and O–H groups in total. The Morgan fingerprint density at radius 1 is 1.13 bits per heavy atom. The summed E-state index contributed by atoms with van der Waals surface area (Å²) in [5.41, 5.74) is 2.91. The van der Waals surface area contributed by atoms with Gasteiger partial charge in [0.25, 0.3) is 0 Å². The Morgan fingerprint density at radius 2 is 1.87 bits per heavy atom. The van der Waals surface area contributed by atoms with E-state index in [0.29, 0.717) is 16.6 Å². The molecule has 1 amide bonds. The molecule has 3 nitrogen and oxygen atoms in total. The Bertz CT molecular complexity index is 734. The van der Waals surface area contributed by atoms with Crippen LogP contribution < -0.4 is 10.6 Å². The summed E-state index contributed by atoms with van der Waals surface area (Å²) in [5.74, 6) is -0.154. The van der Waals surface area contributed by atoms with Crippen molar-refractivity contribution in [3.05, 3.63) is 69.2 Å². The van der Waals surface area contributed by atoms with Crippen LogP contribution in [0.2, 0.25) is 10.0 Å². The molecule has 0 fully saturated rings. The number of carbonyl (C=O) groups excluding carboxylic acids is 1. The largest absolute Gasteiger partial charge is 0.358 e. The molecule has 0 unspecified atom stereocenters. The highest BCUT2D eigenvalue weighted by Gasteiger charge is 2.08. The zero-order valence-electron chi connectivity index (χ0n) is 12.5. The van der Waals surface area contributed by atoms with Gasteiger partial charge in [-0.15, -0.1) is 0 Å². The molecule has 0 atom stereocenters.